The molecule has 1 aliphatic rings. The van der Waals surface area contributed by atoms with Gasteiger partial charge in [-0.1, -0.05) is 19.3 Å². The Balaban J connectivity index is 2.28. The van der Waals surface area contributed by atoms with Crippen molar-refractivity contribution in [2.75, 3.05) is 7.11 Å². The summed E-state index contributed by atoms with van der Waals surface area (Å²) in [4.78, 5) is 3.75. The molecule has 1 aromatic heterocycles. The van der Waals surface area contributed by atoms with Crippen molar-refractivity contribution < 1.29 is 9.13 Å². The average molecular weight is 238 g/mol. The number of aromatic nitrogens is 1. The maximum Gasteiger partial charge on any atom is 0.146 e. The van der Waals surface area contributed by atoms with Gasteiger partial charge >= 0.3 is 0 Å². The van der Waals surface area contributed by atoms with Gasteiger partial charge in [-0.15, -0.1) is 0 Å². The fourth-order valence-electron chi connectivity index (χ4n) is 2.71. The van der Waals surface area contributed by atoms with Crippen LogP contribution in [-0.4, -0.2) is 17.7 Å². The summed E-state index contributed by atoms with van der Waals surface area (Å²) in [7, 11) is 1.67. The topological polar surface area (TPSA) is 48.1 Å². The van der Waals surface area contributed by atoms with Crippen molar-refractivity contribution in [3.63, 3.8) is 0 Å². The van der Waals surface area contributed by atoms with Crippen LogP contribution in [0.25, 0.3) is 0 Å². The number of rotatable bonds is 3. The molecular weight excluding hydrogens is 219 g/mol. The maximum atomic E-state index is 13.7. The van der Waals surface area contributed by atoms with Gasteiger partial charge in [0.2, 0.25) is 0 Å². The van der Waals surface area contributed by atoms with Crippen molar-refractivity contribution in [3.05, 3.63) is 29.8 Å². The van der Waals surface area contributed by atoms with E-state index in [-0.39, 0.29) is 5.82 Å². The number of ether oxygens (including phenoxy) is 1. The van der Waals surface area contributed by atoms with Crippen LogP contribution in [0.1, 0.15) is 43.7 Å². The van der Waals surface area contributed by atoms with Gasteiger partial charge in [-0.25, -0.2) is 4.39 Å². The third-order valence-corrected chi connectivity index (χ3v) is 3.81. The zero-order chi connectivity index (χ0) is 12.3. The Labute approximate surface area is 101 Å². The summed E-state index contributed by atoms with van der Waals surface area (Å²) in [6.07, 6.45) is 7.96. The van der Waals surface area contributed by atoms with Crippen LogP contribution in [0.15, 0.2) is 18.5 Å². The number of methoxy groups -OCH3 is 1. The Hall–Kier alpha value is -1.00. The zero-order valence-corrected chi connectivity index (χ0v) is 10.2. The van der Waals surface area contributed by atoms with Crippen LogP contribution in [0.4, 0.5) is 4.39 Å². The van der Waals surface area contributed by atoms with Crippen molar-refractivity contribution >= 4 is 0 Å². The van der Waals surface area contributed by atoms with Crippen LogP contribution in [0.3, 0.4) is 0 Å². The Morgan fingerprint density at radius 3 is 2.71 bits per heavy atom. The van der Waals surface area contributed by atoms with Gasteiger partial charge in [0, 0.05) is 18.9 Å². The van der Waals surface area contributed by atoms with Crippen LogP contribution in [0.5, 0.6) is 0 Å². The minimum atomic E-state index is -0.421. The van der Waals surface area contributed by atoms with Gasteiger partial charge < -0.3 is 10.5 Å². The highest BCUT2D eigenvalue weighted by atomic mass is 19.1. The molecule has 1 saturated carbocycles. The molecule has 2 N–H and O–H groups in total. The first-order valence-corrected chi connectivity index (χ1v) is 6.10. The molecule has 17 heavy (non-hydrogen) atoms. The lowest BCUT2D eigenvalue weighted by atomic mass is 9.77. The normalized spacial score (nSPS) is 21.1. The summed E-state index contributed by atoms with van der Waals surface area (Å²) >= 11 is 0. The van der Waals surface area contributed by atoms with Crippen LogP contribution in [-0.2, 0) is 4.74 Å². The van der Waals surface area contributed by atoms with Crippen LogP contribution in [0.2, 0.25) is 0 Å². The van der Waals surface area contributed by atoms with E-state index in [0.29, 0.717) is 5.56 Å². The SMILES string of the molecule is COC1(C(N)c2ccncc2F)CCCCC1. The molecule has 4 heteroatoms. The summed E-state index contributed by atoms with van der Waals surface area (Å²) in [6.45, 7) is 0. The summed E-state index contributed by atoms with van der Waals surface area (Å²) < 4.78 is 19.3. The number of halogens is 1. The van der Waals surface area contributed by atoms with Gasteiger partial charge in [-0.3, -0.25) is 4.98 Å². The average Bonchev–Trinajstić information content (AvgIpc) is 2.39. The van der Waals surface area contributed by atoms with E-state index in [4.69, 9.17) is 10.5 Å². The Morgan fingerprint density at radius 2 is 2.12 bits per heavy atom. The molecule has 1 heterocycles. The van der Waals surface area contributed by atoms with Crippen molar-refractivity contribution in [2.45, 2.75) is 43.7 Å². The summed E-state index contributed by atoms with van der Waals surface area (Å²) in [5, 5.41) is 0. The largest absolute Gasteiger partial charge is 0.376 e. The van der Waals surface area contributed by atoms with Crippen LogP contribution < -0.4 is 5.73 Å². The third-order valence-electron chi connectivity index (χ3n) is 3.81. The lowest BCUT2D eigenvalue weighted by molar-refractivity contribution is -0.0602. The predicted molar refractivity (Wildman–Crippen MR) is 63.9 cm³/mol. The molecule has 0 bridgehead atoms. The standard InChI is InChI=1S/C13H19FN2O/c1-17-13(6-3-2-4-7-13)12(15)10-5-8-16-9-11(10)14/h5,8-9,12H,2-4,6-7,15H2,1H3. The quantitative estimate of drug-likeness (QED) is 0.880. The highest BCUT2D eigenvalue weighted by molar-refractivity contribution is 5.21. The zero-order valence-electron chi connectivity index (χ0n) is 10.2. The van der Waals surface area contributed by atoms with E-state index in [1.807, 2.05) is 0 Å². The minimum Gasteiger partial charge on any atom is -0.376 e. The highest BCUT2D eigenvalue weighted by Gasteiger charge is 2.39. The lowest BCUT2D eigenvalue weighted by Crippen LogP contribution is -2.45. The molecule has 2 rings (SSSR count). The van der Waals surface area contributed by atoms with Gasteiger partial charge in [0.25, 0.3) is 0 Å². The van der Waals surface area contributed by atoms with Crippen molar-refractivity contribution in [1.82, 2.24) is 4.98 Å². The molecule has 0 amide bonds. The maximum absolute atomic E-state index is 13.7. The number of pyridine rings is 1. The molecule has 1 unspecified atom stereocenters. The number of nitrogens with two attached hydrogens (primary N) is 1. The fourth-order valence-corrected chi connectivity index (χ4v) is 2.71. The van der Waals surface area contributed by atoms with Crippen molar-refractivity contribution in [1.29, 1.82) is 0 Å². The van der Waals surface area contributed by atoms with E-state index < -0.39 is 11.6 Å². The van der Waals surface area contributed by atoms with Crippen LogP contribution in [0, 0.1) is 5.82 Å². The molecule has 1 atom stereocenters. The van der Waals surface area contributed by atoms with E-state index in [1.54, 1.807) is 19.4 Å². The first kappa shape index (κ1) is 12.5. The van der Waals surface area contributed by atoms with Gasteiger partial charge in [0.1, 0.15) is 5.82 Å². The monoisotopic (exact) mass is 238 g/mol. The van der Waals surface area contributed by atoms with Crippen molar-refractivity contribution in [3.8, 4) is 0 Å². The molecule has 1 aliphatic carbocycles. The predicted octanol–water partition coefficient (Wildman–Crippen LogP) is 2.57. The van der Waals surface area contributed by atoms with Crippen LogP contribution >= 0.6 is 0 Å². The molecule has 0 radical (unpaired) electrons. The third kappa shape index (κ3) is 2.33. The van der Waals surface area contributed by atoms with E-state index in [9.17, 15) is 4.39 Å². The summed E-state index contributed by atoms with van der Waals surface area (Å²) in [6, 6.07) is 1.23. The van der Waals surface area contributed by atoms with Gasteiger partial charge in [-0.05, 0) is 18.9 Å². The Kier molecular flexibility index (Phi) is 3.74. The molecule has 94 valence electrons. The van der Waals surface area contributed by atoms with Gasteiger partial charge in [-0.2, -0.15) is 0 Å². The Bertz CT molecular complexity index is 377. The van der Waals surface area contributed by atoms with Gasteiger partial charge in [0.05, 0.1) is 17.8 Å². The molecule has 0 aromatic carbocycles. The van der Waals surface area contributed by atoms with E-state index >= 15 is 0 Å². The summed E-state index contributed by atoms with van der Waals surface area (Å²) in [5.74, 6) is -0.345. The first-order chi connectivity index (χ1) is 8.19. The number of nitrogens with zero attached hydrogens (tertiary/aromatic N) is 1. The fraction of sp³-hybridized carbons (Fsp3) is 0.615. The Morgan fingerprint density at radius 1 is 1.41 bits per heavy atom. The molecule has 3 nitrogen and oxygen atoms in total. The number of hydrogen-bond donors (Lipinski definition) is 1. The van der Waals surface area contributed by atoms with E-state index in [1.165, 1.54) is 12.6 Å². The second-order valence-corrected chi connectivity index (χ2v) is 4.70. The second kappa shape index (κ2) is 5.10. The minimum absolute atomic E-state index is 0.345. The van der Waals surface area contributed by atoms with Crippen molar-refractivity contribution in [2.24, 2.45) is 5.73 Å². The number of hydrogen-bond acceptors (Lipinski definition) is 3. The highest BCUT2D eigenvalue weighted by Crippen LogP contribution is 2.40. The summed E-state index contributed by atoms with van der Waals surface area (Å²) in [5.41, 5.74) is 6.31. The first-order valence-electron chi connectivity index (χ1n) is 6.10. The lowest BCUT2D eigenvalue weighted by Gasteiger charge is -2.40. The van der Waals surface area contributed by atoms with Gasteiger partial charge in [0.15, 0.2) is 0 Å². The smallest absolute Gasteiger partial charge is 0.146 e. The second-order valence-electron chi connectivity index (χ2n) is 4.70. The molecule has 1 aromatic rings. The molecule has 0 aliphatic heterocycles. The van der Waals surface area contributed by atoms with E-state index in [2.05, 4.69) is 4.98 Å². The molecule has 1 fully saturated rings. The molecule has 0 spiro atoms. The molecular formula is C13H19FN2O. The van der Waals surface area contributed by atoms with E-state index in [0.717, 1.165) is 25.7 Å². The molecule has 0 saturated heterocycles.